The molecule has 1 rings (SSSR count). The van der Waals surface area contributed by atoms with Crippen molar-refractivity contribution in [1.29, 1.82) is 0 Å². The van der Waals surface area contributed by atoms with Gasteiger partial charge in [-0.15, -0.1) is 0 Å². The molecule has 0 saturated carbocycles. The van der Waals surface area contributed by atoms with Crippen molar-refractivity contribution in [3.05, 3.63) is 18.4 Å². The smallest absolute Gasteiger partial charge is 0.389 e. The van der Waals surface area contributed by atoms with Gasteiger partial charge < -0.3 is 9.15 Å². The second-order valence-electron chi connectivity index (χ2n) is 1.54. The van der Waals surface area contributed by atoms with Crippen molar-refractivity contribution in [1.82, 2.24) is 4.98 Å². The van der Waals surface area contributed by atoms with Gasteiger partial charge >= 0.3 is 12.6 Å². The summed E-state index contributed by atoms with van der Waals surface area (Å²) in [5, 5.41) is 0. The molecule has 6 heteroatoms. The van der Waals surface area contributed by atoms with E-state index in [2.05, 4.69) is 14.1 Å². The highest BCUT2D eigenvalue weighted by atomic mass is 19.3. The lowest BCUT2D eigenvalue weighted by Crippen LogP contribution is -2.09. The number of carbonyl (C=O) groups is 1. The molecule has 0 spiro atoms. The number of oxazole rings is 1. The van der Waals surface area contributed by atoms with Crippen LogP contribution in [-0.4, -0.2) is 17.6 Å². The van der Waals surface area contributed by atoms with Crippen LogP contribution in [0.4, 0.5) is 8.78 Å². The topological polar surface area (TPSA) is 52.3 Å². The van der Waals surface area contributed by atoms with Crippen molar-refractivity contribution < 1.29 is 22.7 Å². The van der Waals surface area contributed by atoms with Crippen LogP contribution >= 0.6 is 0 Å². The van der Waals surface area contributed by atoms with Gasteiger partial charge in [-0.2, -0.15) is 8.78 Å². The minimum atomic E-state index is -3.13. The molecule has 4 nitrogen and oxygen atoms in total. The maximum absolute atomic E-state index is 11.4. The molecule has 11 heavy (non-hydrogen) atoms. The molecule has 0 aromatic carbocycles. The molecule has 0 fully saturated rings. The fraction of sp³-hybridized carbons (Fsp3) is 0.200. The van der Waals surface area contributed by atoms with E-state index in [1.165, 1.54) is 0 Å². The predicted molar refractivity (Wildman–Crippen MR) is 27.9 cm³/mol. The Kier molecular flexibility index (Phi) is 2.15. The monoisotopic (exact) mass is 163 g/mol. The molecule has 0 aliphatic rings. The number of halogens is 2. The summed E-state index contributed by atoms with van der Waals surface area (Å²) in [7, 11) is 0. The summed E-state index contributed by atoms with van der Waals surface area (Å²) in [4.78, 5) is 13.8. The number of rotatable bonds is 2. The summed E-state index contributed by atoms with van der Waals surface area (Å²) >= 11 is 0. The van der Waals surface area contributed by atoms with Crippen molar-refractivity contribution >= 4 is 5.97 Å². The standard InChI is InChI=1S/C5H3F2NO3/c6-5(7)11-4(9)3-1-10-2-8-3/h1-2,5H. The van der Waals surface area contributed by atoms with Crippen LogP contribution < -0.4 is 0 Å². The van der Waals surface area contributed by atoms with Crippen LogP contribution in [0.25, 0.3) is 0 Å². The van der Waals surface area contributed by atoms with Gasteiger partial charge in [0, 0.05) is 0 Å². The Balaban J connectivity index is 2.57. The molecule has 0 amide bonds. The van der Waals surface area contributed by atoms with Crippen molar-refractivity contribution in [3.8, 4) is 0 Å². The summed E-state index contributed by atoms with van der Waals surface area (Å²) in [6, 6.07) is 0. The van der Waals surface area contributed by atoms with Crippen molar-refractivity contribution in [2.75, 3.05) is 0 Å². The average Bonchev–Trinajstić information content (AvgIpc) is 2.35. The molecule has 1 aromatic rings. The lowest BCUT2D eigenvalue weighted by Gasteiger charge is -1.97. The lowest BCUT2D eigenvalue weighted by molar-refractivity contribution is -0.0909. The van der Waals surface area contributed by atoms with E-state index in [9.17, 15) is 13.6 Å². The second-order valence-corrected chi connectivity index (χ2v) is 1.54. The maximum Gasteiger partial charge on any atom is 0.389 e. The normalized spacial score (nSPS) is 10.1. The van der Waals surface area contributed by atoms with Gasteiger partial charge in [-0.05, 0) is 0 Å². The molecule has 0 atom stereocenters. The first-order valence-electron chi connectivity index (χ1n) is 2.57. The van der Waals surface area contributed by atoms with E-state index in [-0.39, 0.29) is 5.69 Å². The summed E-state index contributed by atoms with van der Waals surface area (Å²) in [6.45, 7) is -3.13. The molecule has 0 bridgehead atoms. The Labute approximate surface area is 59.8 Å². The number of hydrogen-bond acceptors (Lipinski definition) is 4. The van der Waals surface area contributed by atoms with E-state index >= 15 is 0 Å². The summed E-state index contributed by atoms with van der Waals surface area (Å²) < 4.78 is 30.6. The maximum atomic E-state index is 11.4. The third-order valence-electron chi connectivity index (χ3n) is 0.838. The van der Waals surface area contributed by atoms with Crippen molar-refractivity contribution in [3.63, 3.8) is 0 Å². The van der Waals surface area contributed by atoms with Crippen LogP contribution in [0, 0.1) is 0 Å². The van der Waals surface area contributed by atoms with Gasteiger partial charge in [-0.1, -0.05) is 0 Å². The Morgan fingerprint density at radius 3 is 2.91 bits per heavy atom. The molecule has 0 unspecified atom stereocenters. The lowest BCUT2D eigenvalue weighted by atomic mass is 10.5. The van der Waals surface area contributed by atoms with Crippen molar-refractivity contribution in [2.45, 2.75) is 6.61 Å². The number of carbonyl (C=O) groups excluding carboxylic acids is 1. The third kappa shape index (κ3) is 1.99. The van der Waals surface area contributed by atoms with Gasteiger partial charge in [0.1, 0.15) is 6.26 Å². The largest absolute Gasteiger partial charge is 0.451 e. The molecule has 0 aliphatic carbocycles. The van der Waals surface area contributed by atoms with E-state index < -0.39 is 12.6 Å². The molecular formula is C5H3F2NO3. The Hall–Kier alpha value is -1.46. The highest BCUT2D eigenvalue weighted by Crippen LogP contribution is 2.02. The van der Waals surface area contributed by atoms with E-state index in [4.69, 9.17) is 0 Å². The van der Waals surface area contributed by atoms with Gasteiger partial charge in [0.2, 0.25) is 0 Å². The predicted octanol–water partition coefficient (Wildman–Crippen LogP) is 1.05. The Morgan fingerprint density at radius 2 is 2.45 bits per heavy atom. The summed E-state index contributed by atoms with van der Waals surface area (Å²) in [5.74, 6) is -1.20. The third-order valence-corrected chi connectivity index (χ3v) is 0.838. The van der Waals surface area contributed by atoms with Gasteiger partial charge in [0.05, 0.1) is 0 Å². The molecule has 0 aliphatic heterocycles. The van der Waals surface area contributed by atoms with Crippen LogP contribution in [0.1, 0.15) is 10.5 Å². The van der Waals surface area contributed by atoms with Crippen LogP contribution in [-0.2, 0) is 4.74 Å². The fourth-order valence-electron chi connectivity index (χ4n) is 0.455. The van der Waals surface area contributed by atoms with E-state index in [1.54, 1.807) is 0 Å². The minimum absolute atomic E-state index is 0.273. The van der Waals surface area contributed by atoms with E-state index in [0.29, 0.717) is 0 Å². The van der Waals surface area contributed by atoms with Crippen LogP contribution in [0.15, 0.2) is 17.1 Å². The van der Waals surface area contributed by atoms with Gasteiger partial charge in [0.15, 0.2) is 12.1 Å². The fourth-order valence-corrected chi connectivity index (χ4v) is 0.455. The molecule has 0 saturated heterocycles. The number of hydrogen-bond donors (Lipinski definition) is 0. The second kappa shape index (κ2) is 3.09. The zero-order chi connectivity index (χ0) is 8.27. The Morgan fingerprint density at radius 1 is 1.73 bits per heavy atom. The molecular weight excluding hydrogens is 160 g/mol. The molecule has 1 heterocycles. The van der Waals surface area contributed by atoms with Gasteiger partial charge in [-0.3, -0.25) is 0 Å². The van der Waals surface area contributed by atoms with Gasteiger partial charge in [-0.25, -0.2) is 9.78 Å². The molecule has 1 aromatic heterocycles. The van der Waals surface area contributed by atoms with Crippen LogP contribution in [0.5, 0.6) is 0 Å². The minimum Gasteiger partial charge on any atom is -0.451 e. The van der Waals surface area contributed by atoms with Crippen LogP contribution in [0.3, 0.4) is 0 Å². The van der Waals surface area contributed by atoms with E-state index in [1.807, 2.05) is 0 Å². The van der Waals surface area contributed by atoms with Crippen molar-refractivity contribution in [2.24, 2.45) is 0 Å². The first-order chi connectivity index (χ1) is 5.20. The quantitative estimate of drug-likeness (QED) is 0.611. The summed E-state index contributed by atoms with van der Waals surface area (Å²) in [5.41, 5.74) is -0.273. The number of alkyl halides is 2. The SMILES string of the molecule is O=C(OC(F)F)c1cocn1. The average molecular weight is 163 g/mol. The Bertz CT molecular complexity index is 234. The number of aromatic nitrogens is 1. The van der Waals surface area contributed by atoms with E-state index in [0.717, 1.165) is 12.7 Å². The molecule has 0 radical (unpaired) electrons. The van der Waals surface area contributed by atoms with Crippen LogP contribution in [0.2, 0.25) is 0 Å². The van der Waals surface area contributed by atoms with Gasteiger partial charge in [0.25, 0.3) is 0 Å². The number of ether oxygens (including phenoxy) is 1. The number of nitrogens with zero attached hydrogens (tertiary/aromatic N) is 1. The molecule has 60 valence electrons. The zero-order valence-corrected chi connectivity index (χ0v) is 5.16. The number of esters is 1. The zero-order valence-electron chi connectivity index (χ0n) is 5.16. The highest BCUT2D eigenvalue weighted by Gasteiger charge is 2.14. The first-order valence-corrected chi connectivity index (χ1v) is 2.57. The first kappa shape index (κ1) is 7.64. The highest BCUT2D eigenvalue weighted by molar-refractivity contribution is 5.86. The molecule has 0 N–H and O–H groups in total. The summed E-state index contributed by atoms with van der Waals surface area (Å²) in [6.07, 6.45) is 1.87.